The Kier molecular flexibility index (Phi) is 8.14. The molecule has 31 heavy (non-hydrogen) atoms. The second kappa shape index (κ2) is 10.6. The molecule has 2 bridgehead atoms. The van der Waals surface area contributed by atoms with Gasteiger partial charge in [-0.15, -0.1) is 0 Å². The highest BCUT2D eigenvalue weighted by molar-refractivity contribution is 6.06. The largest absolute Gasteiger partial charge is 0.357 e. The second-order valence-electron chi connectivity index (χ2n) is 9.65. The molecule has 3 rings (SSSR count). The molecule has 2 amide bonds. The van der Waals surface area contributed by atoms with Gasteiger partial charge in [-0.3, -0.25) is 24.4 Å². The van der Waals surface area contributed by atoms with E-state index in [9.17, 15) is 9.59 Å². The van der Waals surface area contributed by atoms with Crippen molar-refractivity contribution < 1.29 is 9.59 Å². The standard InChI is InChI=1S/C24H41N5O2/c1-6-25-24(26-11-7-13-28(16(2)3)17(4)5)27-12-8-14-29-22(30)20-18-9-10-19(15-18)21(20)23(29)31/h9-10,16-21H,6-8,11-15H2,1-5H3,(H2,25,26,27). The number of fused-ring (bicyclic) bond motifs is 5. The number of imide groups is 1. The summed E-state index contributed by atoms with van der Waals surface area (Å²) in [4.78, 5) is 34.1. The average Bonchev–Trinajstić information content (AvgIpc) is 3.39. The van der Waals surface area contributed by atoms with Crippen LogP contribution in [0.25, 0.3) is 0 Å². The van der Waals surface area contributed by atoms with Gasteiger partial charge >= 0.3 is 0 Å². The van der Waals surface area contributed by atoms with Crippen LogP contribution in [0.2, 0.25) is 0 Å². The van der Waals surface area contributed by atoms with Crippen LogP contribution in [0.15, 0.2) is 17.1 Å². The predicted molar refractivity (Wildman–Crippen MR) is 125 cm³/mol. The maximum absolute atomic E-state index is 12.7. The summed E-state index contributed by atoms with van der Waals surface area (Å²) in [6, 6.07) is 1.09. The maximum Gasteiger partial charge on any atom is 0.233 e. The molecular formula is C24H41N5O2. The lowest BCUT2D eigenvalue weighted by atomic mass is 9.85. The Morgan fingerprint density at radius 3 is 2.23 bits per heavy atom. The van der Waals surface area contributed by atoms with Gasteiger partial charge in [0.2, 0.25) is 11.8 Å². The number of rotatable bonds is 11. The van der Waals surface area contributed by atoms with Crippen LogP contribution in [0.1, 0.15) is 53.9 Å². The van der Waals surface area contributed by atoms with Crippen LogP contribution in [-0.2, 0) is 9.59 Å². The zero-order valence-corrected chi connectivity index (χ0v) is 19.9. The smallest absolute Gasteiger partial charge is 0.233 e. The summed E-state index contributed by atoms with van der Waals surface area (Å²) in [6.07, 6.45) is 7.01. The Morgan fingerprint density at radius 1 is 1.06 bits per heavy atom. The van der Waals surface area contributed by atoms with E-state index in [2.05, 4.69) is 67.3 Å². The third kappa shape index (κ3) is 5.30. The summed E-state index contributed by atoms with van der Waals surface area (Å²) < 4.78 is 0. The molecule has 2 N–H and O–H groups in total. The van der Waals surface area contributed by atoms with E-state index in [1.165, 1.54) is 4.90 Å². The summed E-state index contributed by atoms with van der Waals surface area (Å²) >= 11 is 0. The highest BCUT2D eigenvalue weighted by atomic mass is 16.2. The number of nitrogens with one attached hydrogen (secondary N) is 2. The number of carbonyl (C=O) groups excluding carboxylic acids is 2. The number of amides is 2. The van der Waals surface area contributed by atoms with Crippen molar-refractivity contribution in [3.05, 3.63) is 12.2 Å². The number of allylic oxidation sites excluding steroid dienone is 2. The first kappa shape index (κ1) is 23.8. The minimum absolute atomic E-state index is 0.0423. The number of hydrogen-bond donors (Lipinski definition) is 2. The number of carbonyl (C=O) groups is 2. The number of aliphatic imine (C=N–C) groups is 1. The molecule has 7 nitrogen and oxygen atoms in total. The van der Waals surface area contributed by atoms with Gasteiger partial charge in [0.05, 0.1) is 11.8 Å². The SMILES string of the molecule is CCNC(=NCCCN1C(=O)C2C3C=CC(C3)C2C1=O)NCCCN(C(C)C)C(C)C. The molecule has 174 valence electrons. The molecule has 2 fully saturated rings. The number of hydrogen-bond acceptors (Lipinski definition) is 4. The summed E-state index contributed by atoms with van der Waals surface area (Å²) in [7, 11) is 0. The van der Waals surface area contributed by atoms with Gasteiger partial charge in [0, 0.05) is 44.8 Å². The van der Waals surface area contributed by atoms with E-state index in [1.807, 2.05) is 0 Å². The third-order valence-corrected chi connectivity index (χ3v) is 6.93. The van der Waals surface area contributed by atoms with Gasteiger partial charge in [-0.25, -0.2) is 0 Å². The summed E-state index contributed by atoms with van der Waals surface area (Å²) in [5.74, 6) is 1.26. The number of likely N-dealkylation sites (tertiary alicyclic amines) is 1. The first-order valence-electron chi connectivity index (χ1n) is 12.2. The van der Waals surface area contributed by atoms with Gasteiger partial charge in [0.25, 0.3) is 0 Å². The van der Waals surface area contributed by atoms with Crippen LogP contribution in [0.3, 0.4) is 0 Å². The molecule has 0 aromatic rings. The van der Waals surface area contributed by atoms with E-state index in [-0.39, 0.29) is 35.5 Å². The molecule has 0 radical (unpaired) electrons. The van der Waals surface area contributed by atoms with Crippen LogP contribution >= 0.6 is 0 Å². The zero-order valence-electron chi connectivity index (χ0n) is 19.9. The highest BCUT2D eigenvalue weighted by Crippen LogP contribution is 2.52. The molecule has 0 aromatic carbocycles. The Balaban J connectivity index is 1.41. The molecule has 1 saturated heterocycles. The fraction of sp³-hybridized carbons (Fsp3) is 0.792. The third-order valence-electron chi connectivity index (χ3n) is 6.93. The average molecular weight is 432 g/mol. The van der Waals surface area contributed by atoms with Gasteiger partial charge in [-0.1, -0.05) is 12.2 Å². The van der Waals surface area contributed by atoms with Gasteiger partial charge in [0.15, 0.2) is 5.96 Å². The van der Waals surface area contributed by atoms with Crippen LogP contribution in [-0.4, -0.2) is 72.4 Å². The molecule has 4 atom stereocenters. The topological polar surface area (TPSA) is 77.0 Å². The molecule has 2 aliphatic carbocycles. The number of nitrogens with zero attached hydrogens (tertiary/aromatic N) is 3. The summed E-state index contributed by atoms with van der Waals surface area (Å²) in [6.45, 7) is 14.8. The van der Waals surface area contributed by atoms with Crippen LogP contribution < -0.4 is 10.6 Å². The Morgan fingerprint density at radius 2 is 1.68 bits per heavy atom. The van der Waals surface area contributed by atoms with E-state index in [0.717, 1.165) is 38.4 Å². The Labute approximate surface area is 187 Å². The van der Waals surface area contributed by atoms with Crippen molar-refractivity contribution in [2.45, 2.75) is 66.0 Å². The molecule has 0 spiro atoms. The summed E-state index contributed by atoms with van der Waals surface area (Å²) in [5, 5.41) is 6.69. The van der Waals surface area contributed by atoms with Crippen LogP contribution in [0, 0.1) is 23.7 Å². The zero-order chi connectivity index (χ0) is 22.5. The molecule has 1 aliphatic heterocycles. The quantitative estimate of drug-likeness (QED) is 0.173. The van der Waals surface area contributed by atoms with Crippen LogP contribution in [0.5, 0.6) is 0 Å². The van der Waals surface area contributed by atoms with Crippen molar-refractivity contribution >= 4 is 17.8 Å². The minimum atomic E-state index is -0.0961. The first-order valence-corrected chi connectivity index (χ1v) is 12.2. The lowest BCUT2D eigenvalue weighted by molar-refractivity contribution is -0.140. The number of guanidine groups is 1. The lowest BCUT2D eigenvalue weighted by Gasteiger charge is -2.30. The second-order valence-corrected chi connectivity index (χ2v) is 9.65. The molecule has 0 aromatic heterocycles. The van der Waals surface area contributed by atoms with Crippen molar-refractivity contribution in [1.82, 2.24) is 20.4 Å². The fourth-order valence-electron chi connectivity index (χ4n) is 5.53. The monoisotopic (exact) mass is 431 g/mol. The summed E-state index contributed by atoms with van der Waals surface area (Å²) in [5.41, 5.74) is 0. The fourth-order valence-corrected chi connectivity index (χ4v) is 5.53. The van der Waals surface area contributed by atoms with Crippen molar-refractivity contribution in [1.29, 1.82) is 0 Å². The van der Waals surface area contributed by atoms with E-state index in [1.54, 1.807) is 0 Å². The molecule has 3 aliphatic rings. The normalized spacial score (nSPS) is 27.4. The van der Waals surface area contributed by atoms with Crippen molar-refractivity contribution in [2.75, 3.05) is 32.7 Å². The molecule has 1 saturated carbocycles. The Hall–Kier alpha value is -1.89. The van der Waals surface area contributed by atoms with Gasteiger partial charge in [0.1, 0.15) is 0 Å². The van der Waals surface area contributed by atoms with Crippen LogP contribution in [0.4, 0.5) is 0 Å². The maximum atomic E-state index is 12.7. The van der Waals surface area contributed by atoms with Crippen molar-refractivity contribution in [3.63, 3.8) is 0 Å². The van der Waals surface area contributed by atoms with Crippen molar-refractivity contribution in [3.8, 4) is 0 Å². The Bertz CT molecular complexity index is 664. The predicted octanol–water partition coefficient (Wildman–Crippen LogP) is 2.25. The highest BCUT2D eigenvalue weighted by Gasteiger charge is 2.58. The molecule has 4 unspecified atom stereocenters. The van der Waals surface area contributed by atoms with Crippen molar-refractivity contribution in [2.24, 2.45) is 28.7 Å². The lowest BCUT2D eigenvalue weighted by Crippen LogP contribution is -2.41. The van der Waals surface area contributed by atoms with E-state index in [4.69, 9.17) is 0 Å². The molecular weight excluding hydrogens is 390 g/mol. The van der Waals surface area contributed by atoms with E-state index >= 15 is 0 Å². The van der Waals surface area contributed by atoms with E-state index < -0.39 is 0 Å². The van der Waals surface area contributed by atoms with E-state index in [0.29, 0.717) is 31.6 Å². The van der Waals surface area contributed by atoms with Gasteiger partial charge < -0.3 is 10.6 Å². The minimum Gasteiger partial charge on any atom is -0.357 e. The van der Waals surface area contributed by atoms with Gasteiger partial charge in [-0.05, 0) is 65.7 Å². The molecule has 1 heterocycles. The molecule has 7 heteroatoms. The first-order chi connectivity index (χ1) is 14.8. The van der Waals surface area contributed by atoms with Gasteiger partial charge in [-0.2, -0.15) is 0 Å².